The topological polar surface area (TPSA) is 108 Å². The summed E-state index contributed by atoms with van der Waals surface area (Å²) in [7, 11) is 0. The minimum atomic E-state index is -0.999. The number of aromatic nitrogens is 2. The van der Waals surface area contributed by atoms with Gasteiger partial charge in [0, 0.05) is 57.1 Å². The number of aromatic amines is 2. The number of H-pyrrole nitrogens is 2. The van der Waals surface area contributed by atoms with Crippen LogP contribution in [-0.4, -0.2) is 26.2 Å². The second-order valence-corrected chi connectivity index (χ2v) is 14.8. The number of carboxylic acids is 1. The summed E-state index contributed by atoms with van der Waals surface area (Å²) < 4.78 is 11.6. The highest BCUT2D eigenvalue weighted by Gasteiger charge is 2.13. The van der Waals surface area contributed by atoms with Crippen LogP contribution in [0.4, 0.5) is 0 Å². The molecule has 7 nitrogen and oxygen atoms in total. The highest BCUT2D eigenvalue weighted by molar-refractivity contribution is 7.99. The maximum atomic E-state index is 11.2. The Balaban J connectivity index is 0.000000236. The maximum absolute atomic E-state index is 11.2. The van der Waals surface area contributed by atoms with Crippen LogP contribution in [0.2, 0.25) is 10.0 Å². The van der Waals surface area contributed by atoms with Gasteiger partial charge in [-0.1, -0.05) is 105 Å². The molecular weight excluding hydrogens is 784 g/mol. The van der Waals surface area contributed by atoms with E-state index in [1.54, 1.807) is 23.9 Å². The van der Waals surface area contributed by atoms with Crippen molar-refractivity contribution in [1.29, 1.82) is 0 Å². The SMILES string of the molecule is C.C.C.O=C(O)c1cc2c(Sc3ccc(Oc4ccccc4)cc3)cc(Cl)cc2[nH]1.OCc1cc2c(Sc3ccc(Oc4ccccc4)cc3)cc(Cl)cc2[nH]1. The summed E-state index contributed by atoms with van der Waals surface area (Å²) in [5.74, 6) is 2.13. The van der Waals surface area contributed by atoms with Gasteiger partial charge >= 0.3 is 5.97 Å². The standard InChI is InChI=1S/C21H14ClNO3S.C21H16ClNO2S.3CH4/c22-13-10-18-17(12-19(23-18)21(24)25)20(11-13)27-16-8-6-15(7-9-16)26-14-4-2-1-3-5-14;22-14-10-20-19(12-15(13-24)23-20)21(11-14)26-18-8-6-17(7-9-18)25-16-4-2-1-3-5-16;;;/h1-12,23H,(H,24,25);1-12,23-24H,13H2;3*1H4. The summed E-state index contributed by atoms with van der Waals surface area (Å²) >= 11 is 15.6. The van der Waals surface area contributed by atoms with Gasteiger partial charge in [-0.05, 0) is 109 Å². The maximum Gasteiger partial charge on any atom is 0.352 e. The third kappa shape index (κ3) is 10.9. The van der Waals surface area contributed by atoms with Crippen molar-refractivity contribution in [2.75, 3.05) is 0 Å². The predicted molar refractivity (Wildman–Crippen MR) is 234 cm³/mol. The van der Waals surface area contributed by atoms with Gasteiger partial charge in [-0.3, -0.25) is 0 Å². The number of rotatable bonds is 10. The Morgan fingerprint density at radius 1 is 0.554 bits per heavy atom. The predicted octanol–water partition coefficient (Wildman–Crippen LogP) is 14.6. The Kier molecular flexibility index (Phi) is 15.5. The fraction of sp³-hybridized carbons (Fsp3) is 0.0889. The number of aliphatic hydroxyl groups is 1. The highest BCUT2D eigenvalue weighted by Crippen LogP contribution is 2.39. The summed E-state index contributed by atoms with van der Waals surface area (Å²) in [6.45, 7) is -0.0259. The Hall–Kier alpha value is -5.29. The largest absolute Gasteiger partial charge is 0.477 e. The number of hydrogen-bond donors (Lipinski definition) is 4. The lowest BCUT2D eigenvalue weighted by molar-refractivity contribution is 0.0691. The van der Waals surface area contributed by atoms with Crippen molar-refractivity contribution in [1.82, 2.24) is 9.97 Å². The van der Waals surface area contributed by atoms with Crippen LogP contribution in [0, 0.1) is 0 Å². The van der Waals surface area contributed by atoms with Gasteiger partial charge in [0.1, 0.15) is 28.7 Å². The van der Waals surface area contributed by atoms with Crippen molar-refractivity contribution in [2.45, 2.75) is 48.5 Å². The molecule has 0 aliphatic rings. The Morgan fingerprint density at radius 3 is 1.39 bits per heavy atom. The first-order valence-corrected chi connectivity index (χ1v) is 18.7. The molecule has 0 aliphatic carbocycles. The molecule has 0 bridgehead atoms. The molecule has 0 radical (unpaired) electrons. The lowest BCUT2D eigenvalue weighted by Gasteiger charge is -2.08. The normalized spacial score (nSPS) is 10.3. The van der Waals surface area contributed by atoms with Gasteiger partial charge < -0.3 is 29.7 Å². The first-order chi connectivity index (χ1) is 25.8. The number of aromatic carboxylic acids is 1. The molecule has 11 heteroatoms. The Bertz CT molecular complexity index is 2490. The van der Waals surface area contributed by atoms with Crippen molar-refractivity contribution >= 4 is 74.5 Å². The van der Waals surface area contributed by atoms with Crippen molar-refractivity contribution in [2.24, 2.45) is 0 Å². The summed E-state index contributed by atoms with van der Waals surface area (Å²) in [6.07, 6.45) is 0. The van der Waals surface area contributed by atoms with E-state index in [-0.39, 0.29) is 34.6 Å². The molecule has 0 aliphatic heterocycles. The van der Waals surface area contributed by atoms with E-state index in [0.717, 1.165) is 64.6 Å². The van der Waals surface area contributed by atoms with E-state index in [0.29, 0.717) is 15.6 Å². The van der Waals surface area contributed by atoms with Gasteiger partial charge in [0.15, 0.2) is 0 Å². The molecule has 56 heavy (non-hydrogen) atoms. The number of ether oxygens (including phenoxy) is 2. The van der Waals surface area contributed by atoms with Crippen molar-refractivity contribution in [3.63, 3.8) is 0 Å². The van der Waals surface area contributed by atoms with Crippen LogP contribution in [0.3, 0.4) is 0 Å². The smallest absolute Gasteiger partial charge is 0.352 e. The van der Waals surface area contributed by atoms with Gasteiger partial charge in [-0.15, -0.1) is 0 Å². The van der Waals surface area contributed by atoms with Crippen molar-refractivity contribution < 1.29 is 24.5 Å². The Morgan fingerprint density at radius 2 is 0.964 bits per heavy atom. The van der Waals surface area contributed by atoms with Gasteiger partial charge in [0.25, 0.3) is 0 Å². The minimum Gasteiger partial charge on any atom is -0.477 e. The fourth-order valence-corrected chi connectivity index (χ4v) is 7.97. The van der Waals surface area contributed by atoms with Crippen LogP contribution in [0.15, 0.2) is 165 Å². The number of nitrogens with one attached hydrogen (secondary N) is 2. The number of fused-ring (bicyclic) bond motifs is 2. The number of hydrogen-bond acceptors (Lipinski definition) is 6. The molecule has 0 saturated heterocycles. The Labute approximate surface area is 345 Å². The lowest BCUT2D eigenvalue weighted by atomic mass is 10.2. The minimum absolute atomic E-state index is 0. The molecule has 2 heterocycles. The van der Waals surface area contributed by atoms with Crippen LogP contribution in [0.5, 0.6) is 23.0 Å². The molecular formula is C45H42Cl2N2O5S2. The molecule has 6 aromatic carbocycles. The van der Waals surface area contributed by atoms with Crippen LogP contribution < -0.4 is 9.47 Å². The molecule has 288 valence electrons. The zero-order valence-electron chi connectivity index (χ0n) is 27.8. The van der Waals surface area contributed by atoms with Crippen molar-refractivity contribution in [3.05, 3.63) is 167 Å². The van der Waals surface area contributed by atoms with Gasteiger partial charge in [-0.2, -0.15) is 0 Å². The highest BCUT2D eigenvalue weighted by atomic mass is 35.5. The molecule has 4 N–H and O–H groups in total. The summed E-state index contributed by atoms with van der Waals surface area (Å²) in [5, 5.41) is 21.6. The number of halogens is 2. The van der Waals surface area contributed by atoms with Crippen LogP contribution >= 0.6 is 46.7 Å². The third-order valence-corrected chi connectivity index (χ3v) is 10.4. The number of para-hydroxylation sites is 2. The van der Waals surface area contributed by atoms with E-state index < -0.39 is 5.97 Å². The fourth-order valence-electron chi connectivity index (χ4n) is 5.42. The summed E-state index contributed by atoms with van der Waals surface area (Å²) in [6, 6.07) is 45.9. The van der Waals surface area contributed by atoms with E-state index in [9.17, 15) is 15.0 Å². The first kappa shape index (κ1) is 43.4. The molecule has 0 saturated carbocycles. The number of carboxylic acid groups (broad SMARTS) is 1. The molecule has 2 aromatic heterocycles. The number of carbonyl (C=O) groups is 1. The van der Waals surface area contributed by atoms with E-state index in [2.05, 4.69) is 9.97 Å². The van der Waals surface area contributed by atoms with Crippen LogP contribution in [0.1, 0.15) is 38.5 Å². The van der Waals surface area contributed by atoms with E-state index in [1.165, 1.54) is 11.8 Å². The van der Waals surface area contributed by atoms with Crippen LogP contribution in [0.25, 0.3) is 21.8 Å². The monoisotopic (exact) mass is 824 g/mol. The molecule has 0 fully saturated rings. The third-order valence-electron chi connectivity index (χ3n) is 7.85. The molecule has 8 rings (SSSR count). The quantitative estimate of drug-likeness (QED) is 0.109. The van der Waals surface area contributed by atoms with Gasteiger partial charge in [-0.25, -0.2) is 4.79 Å². The number of aliphatic hydroxyl groups excluding tert-OH is 1. The average Bonchev–Trinajstić information content (AvgIpc) is 3.79. The van der Waals surface area contributed by atoms with E-state index in [1.807, 2.05) is 133 Å². The molecule has 8 aromatic rings. The van der Waals surface area contributed by atoms with Crippen LogP contribution in [-0.2, 0) is 6.61 Å². The first-order valence-electron chi connectivity index (χ1n) is 16.3. The van der Waals surface area contributed by atoms with Crippen molar-refractivity contribution in [3.8, 4) is 23.0 Å². The number of benzene rings is 6. The van der Waals surface area contributed by atoms with E-state index >= 15 is 0 Å². The second kappa shape index (κ2) is 20.0. The van der Waals surface area contributed by atoms with E-state index in [4.69, 9.17) is 32.7 Å². The summed E-state index contributed by atoms with van der Waals surface area (Å²) in [5.41, 5.74) is 2.54. The second-order valence-electron chi connectivity index (χ2n) is 11.6. The van der Waals surface area contributed by atoms with Gasteiger partial charge in [0.05, 0.1) is 6.61 Å². The molecule has 0 atom stereocenters. The summed E-state index contributed by atoms with van der Waals surface area (Å²) in [4.78, 5) is 21.3. The molecule has 0 unspecified atom stereocenters. The van der Waals surface area contributed by atoms with Gasteiger partial charge in [0.2, 0.25) is 0 Å². The average molecular weight is 826 g/mol. The zero-order valence-corrected chi connectivity index (χ0v) is 30.9. The lowest BCUT2D eigenvalue weighted by Crippen LogP contribution is -1.94. The molecule has 0 spiro atoms. The molecule has 0 amide bonds. The zero-order chi connectivity index (χ0) is 36.7.